The minimum atomic E-state index is -0.555. The van der Waals surface area contributed by atoms with Crippen LogP contribution in [0.3, 0.4) is 0 Å². The molecule has 0 atom stereocenters. The molecule has 30 heavy (non-hydrogen) atoms. The summed E-state index contributed by atoms with van der Waals surface area (Å²) in [4.78, 5) is 32.8. The van der Waals surface area contributed by atoms with Crippen molar-refractivity contribution in [3.05, 3.63) is 29.8 Å². The minimum absolute atomic E-state index is 0.0117. The van der Waals surface area contributed by atoms with E-state index in [2.05, 4.69) is 5.32 Å². The second-order valence-corrected chi connectivity index (χ2v) is 7.61. The standard InChI is InChI=1S/C12H22ClNO3.C9H10FNO2/c1-12(2,3)17-11(16)14-8-6-4-5-7-10(15)9-13;10-4-5-13-8-3-1-2-7(6-8)9(11)12/h4-9H2,1-3H3,(H,14,16);1-3,6H,4-5H2,(H2,11,12). The van der Waals surface area contributed by atoms with Gasteiger partial charge in [-0.25, -0.2) is 9.18 Å². The molecular weight excluding hydrogens is 415 g/mol. The highest BCUT2D eigenvalue weighted by atomic mass is 35.5. The maximum atomic E-state index is 11.7. The molecule has 0 saturated carbocycles. The number of amides is 2. The number of ether oxygens (including phenoxy) is 2. The fraction of sp³-hybridized carbons (Fsp3) is 0.571. The molecule has 0 aliphatic carbocycles. The lowest BCUT2D eigenvalue weighted by Gasteiger charge is -2.19. The Morgan fingerprint density at radius 3 is 2.43 bits per heavy atom. The highest BCUT2D eigenvalue weighted by molar-refractivity contribution is 6.27. The van der Waals surface area contributed by atoms with E-state index in [-0.39, 0.29) is 18.3 Å². The van der Waals surface area contributed by atoms with E-state index in [0.717, 1.165) is 19.3 Å². The van der Waals surface area contributed by atoms with Crippen LogP contribution in [0.25, 0.3) is 0 Å². The first-order chi connectivity index (χ1) is 14.1. The predicted molar refractivity (Wildman–Crippen MR) is 115 cm³/mol. The van der Waals surface area contributed by atoms with Gasteiger partial charge in [-0.3, -0.25) is 9.59 Å². The average Bonchev–Trinajstić information content (AvgIpc) is 2.68. The van der Waals surface area contributed by atoms with Crippen LogP contribution in [0, 0.1) is 0 Å². The number of alkyl carbamates (subject to hydrolysis) is 1. The molecule has 1 aromatic rings. The Balaban J connectivity index is 0.000000579. The summed E-state index contributed by atoms with van der Waals surface area (Å²) in [7, 11) is 0. The Morgan fingerprint density at radius 1 is 1.17 bits per heavy atom. The number of hydrogen-bond acceptors (Lipinski definition) is 5. The van der Waals surface area contributed by atoms with E-state index in [9.17, 15) is 18.8 Å². The van der Waals surface area contributed by atoms with Gasteiger partial charge in [-0.1, -0.05) is 12.5 Å². The van der Waals surface area contributed by atoms with Gasteiger partial charge < -0.3 is 20.5 Å². The zero-order valence-electron chi connectivity index (χ0n) is 17.8. The van der Waals surface area contributed by atoms with Crippen LogP contribution in [0.4, 0.5) is 9.18 Å². The van der Waals surface area contributed by atoms with Gasteiger partial charge in [0.15, 0.2) is 0 Å². The number of halogens is 2. The Labute approximate surface area is 182 Å². The SMILES string of the molecule is CC(C)(C)OC(=O)NCCCCCC(=O)CCl.NC(=O)c1cccc(OCCF)c1. The Bertz CT molecular complexity index is 665. The lowest BCUT2D eigenvalue weighted by Crippen LogP contribution is -2.32. The topological polar surface area (TPSA) is 108 Å². The van der Waals surface area contributed by atoms with Gasteiger partial charge in [-0.2, -0.15) is 0 Å². The fourth-order valence-corrected chi connectivity index (χ4v) is 2.22. The molecule has 0 spiro atoms. The van der Waals surface area contributed by atoms with Crippen LogP contribution in [0.5, 0.6) is 5.75 Å². The molecule has 170 valence electrons. The van der Waals surface area contributed by atoms with Crippen LogP contribution in [0.1, 0.15) is 56.8 Å². The maximum Gasteiger partial charge on any atom is 0.407 e. The van der Waals surface area contributed by atoms with Gasteiger partial charge in [0.1, 0.15) is 30.4 Å². The zero-order chi connectivity index (χ0) is 23.0. The van der Waals surface area contributed by atoms with Crippen LogP contribution in [-0.4, -0.2) is 49.1 Å². The number of alkyl halides is 2. The Morgan fingerprint density at radius 2 is 1.87 bits per heavy atom. The molecule has 0 saturated heterocycles. The Kier molecular flexibility index (Phi) is 14.3. The highest BCUT2D eigenvalue weighted by Gasteiger charge is 2.15. The Hall–Kier alpha value is -2.35. The molecule has 9 heteroatoms. The van der Waals surface area contributed by atoms with Crippen molar-refractivity contribution in [1.29, 1.82) is 0 Å². The quantitative estimate of drug-likeness (QED) is 0.394. The molecule has 0 heterocycles. The van der Waals surface area contributed by atoms with Gasteiger partial charge in [0.2, 0.25) is 5.91 Å². The molecule has 7 nitrogen and oxygen atoms in total. The fourth-order valence-electron chi connectivity index (χ4n) is 2.09. The second-order valence-electron chi connectivity index (χ2n) is 7.34. The summed E-state index contributed by atoms with van der Waals surface area (Å²) in [5, 5.41) is 2.67. The van der Waals surface area contributed by atoms with Crippen LogP contribution in [0.2, 0.25) is 0 Å². The third-order valence-corrected chi connectivity index (χ3v) is 3.71. The summed E-state index contributed by atoms with van der Waals surface area (Å²) < 4.78 is 21.8. The molecule has 1 aromatic carbocycles. The van der Waals surface area contributed by atoms with E-state index in [1.807, 2.05) is 20.8 Å². The second kappa shape index (κ2) is 15.5. The van der Waals surface area contributed by atoms with Crippen molar-refractivity contribution < 1.29 is 28.2 Å². The maximum absolute atomic E-state index is 11.7. The number of ketones is 1. The van der Waals surface area contributed by atoms with E-state index in [0.29, 0.717) is 24.3 Å². The lowest BCUT2D eigenvalue weighted by atomic mass is 10.1. The van der Waals surface area contributed by atoms with Crippen molar-refractivity contribution in [2.45, 2.75) is 52.1 Å². The van der Waals surface area contributed by atoms with Gasteiger partial charge in [0, 0.05) is 18.5 Å². The van der Waals surface area contributed by atoms with E-state index < -0.39 is 24.3 Å². The van der Waals surface area contributed by atoms with Crippen molar-refractivity contribution >= 4 is 29.4 Å². The van der Waals surface area contributed by atoms with Gasteiger partial charge in [-0.05, 0) is 51.8 Å². The first-order valence-electron chi connectivity index (χ1n) is 9.72. The first-order valence-corrected chi connectivity index (χ1v) is 10.3. The lowest BCUT2D eigenvalue weighted by molar-refractivity contribution is -0.116. The smallest absolute Gasteiger partial charge is 0.407 e. The first kappa shape index (κ1) is 27.6. The summed E-state index contributed by atoms with van der Waals surface area (Å²) in [5.74, 6) is 0.0994. The van der Waals surface area contributed by atoms with Crippen LogP contribution in [-0.2, 0) is 9.53 Å². The van der Waals surface area contributed by atoms with Gasteiger partial charge in [0.05, 0.1) is 5.88 Å². The van der Waals surface area contributed by atoms with E-state index in [1.54, 1.807) is 18.2 Å². The van der Waals surface area contributed by atoms with Crippen LogP contribution < -0.4 is 15.8 Å². The zero-order valence-corrected chi connectivity index (χ0v) is 18.6. The molecule has 2 amide bonds. The molecule has 0 aliphatic rings. The monoisotopic (exact) mass is 446 g/mol. The van der Waals surface area contributed by atoms with Crippen LogP contribution in [0.15, 0.2) is 24.3 Å². The number of nitrogens with one attached hydrogen (secondary N) is 1. The van der Waals surface area contributed by atoms with Gasteiger partial charge >= 0.3 is 6.09 Å². The number of unbranched alkanes of at least 4 members (excludes halogenated alkanes) is 2. The number of carbonyl (C=O) groups excluding carboxylic acids is 3. The van der Waals surface area contributed by atoms with Crippen molar-refractivity contribution in [1.82, 2.24) is 5.32 Å². The molecule has 1 rings (SSSR count). The molecule has 0 aromatic heterocycles. The normalized spacial score (nSPS) is 10.4. The number of nitrogens with two attached hydrogens (primary N) is 1. The molecule has 3 N–H and O–H groups in total. The molecule has 0 bridgehead atoms. The highest BCUT2D eigenvalue weighted by Crippen LogP contribution is 2.12. The van der Waals surface area contributed by atoms with Gasteiger partial charge in [-0.15, -0.1) is 11.6 Å². The largest absolute Gasteiger partial charge is 0.491 e. The predicted octanol–water partition coefficient (Wildman–Crippen LogP) is 4.01. The van der Waals surface area contributed by atoms with Crippen molar-refractivity contribution in [2.75, 3.05) is 25.7 Å². The van der Waals surface area contributed by atoms with E-state index >= 15 is 0 Å². The van der Waals surface area contributed by atoms with Crippen LogP contribution >= 0.6 is 11.6 Å². The summed E-state index contributed by atoms with van der Waals surface area (Å²) in [6.07, 6.45) is 2.69. The molecule has 0 radical (unpaired) electrons. The minimum Gasteiger partial charge on any atom is -0.491 e. The number of primary amides is 1. The third kappa shape index (κ3) is 15.6. The number of rotatable bonds is 11. The third-order valence-electron chi connectivity index (χ3n) is 3.41. The molecule has 0 fully saturated rings. The van der Waals surface area contributed by atoms with Crippen molar-refractivity contribution in [3.8, 4) is 5.75 Å². The van der Waals surface area contributed by atoms with E-state index in [4.69, 9.17) is 26.8 Å². The summed E-state index contributed by atoms with van der Waals surface area (Å²) in [6, 6.07) is 6.33. The van der Waals surface area contributed by atoms with Crippen molar-refractivity contribution in [2.24, 2.45) is 5.73 Å². The average molecular weight is 447 g/mol. The number of benzene rings is 1. The number of carbonyl (C=O) groups is 3. The summed E-state index contributed by atoms with van der Waals surface area (Å²) in [6.45, 7) is 5.48. The summed E-state index contributed by atoms with van der Waals surface area (Å²) >= 11 is 5.37. The molecule has 0 unspecified atom stereocenters. The number of Topliss-reactive ketones (excluding diaryl/α,β-unsaturated/α-hetero) is 1. The summed E-state index contributed by atoms with van der Waals surface area (Å²) in [5.41, 5.74) is 4.94. The molecular formula is C21H32ClFN2O5. The van der Waals surface area contributed by atoms with E-state index in [1.165, 1.54) is 6.07 Å². The van der Waals surface area contributed by atoms with Crippen molar-refractivity contribution in [3.63, 3.8) is 0 Å². The number of hydrogen-bond donors (Lipinski definition) is 2. The van der Waals surface area contributed by atoms with Gasteiger partial charge in [0.25, 0.3) is 0 Å². The molecule has 0 aliphatic heterocycles.